The van der Waals surface area contributed by atoms with Gasteiger partial charge in [-0.1, -0.05) is 35.9 Å². The Bertz CT molecular complexity index is 912. The number of amides is 1. The molecule has 3 aliphatic heterocycles. The Kier molecular flexibility index (Phi) is 5.99. The van der Waals surface area contributed by atoms with Gasteiger partial charge in [-0.05, 0) is 69.3 Å². The lowest BCUT2D eigenvalue weighted by Crippen LogP contribution is -2.45. The Morgan fingerprint density at radius 1 is 0.968 bits per heavy atom. The van der Waals surface area contributed by atoms with Crippen LogP contribution in [0.4, 0.5) is 11.4 Å². The van der Waals surface area contributed by atoms with Crippen LogP contribution in [0.25, 0.3) is 0 Å². The van der Waals surface area contributed by atoms with Crippen molar-refractivity contribution in [2.45, 2.75) is 57.4 Å². The molecule has 2 fully saturated rings. The zero-order valence-corrected chi connectivity index (χ0v) is 18.8. The van der Waals surface area contributed by atoms with Crippen LogP contribution in [0.15, 0.2) is 48.5 Å². The Labute approximate surface area is 186 Å². The Morgan fingerprint density at radius 3 is 2.65 bits per heavy atom. The third kappa shape index (κ3) is 4.23. The van der Waals surface area contributed by atoms with Crippen LogP contribution in [0.5, 0.6) is 0 Å². The summed E-state index contributed by atoms with van der Waals surface area (Å²) < 4.78 is 0. The van der Waals surface area contributed by atoms with Crippen molar-refractivity contribution in [1.82, 2.24) is 9.80 Å². The van der Waals surface area contributed by atoms with Crippen molar-refractivity contribution in [3.8, 4) is 0 Å². The maximum atomic E-state index is 12.0. The Morgan fingerprint density at radius 2 is 1.81 bits per heavy atom. The van der Waals surface area contributed by atoms with E-state index in [1.165, 1.54) is 48.3 Å². The molecule has 0 aromatic heterocycles. The predicted octanol–water partition coefficient (Wildman–Crippen LogP) is 5.10. The molecule has 0 saturated carbocycles. The van der Waals surface area contributed by atoms with Crippen molar-refractivity contribution in [2.24, 2.45) is 0 Å². The molecular weight excluding hydrogens is 382 g/mol. The van der Waals surface area contributed by atoms with E-state index in [1.807, 2.05) is 0 Å². The lowest BCUT2D eigenvalue weighted by molar-refractivity contribution is -0.133. The first-order valence-corrected chi connectivity index (χ1v) is 12.2. The lowest BCUT2D eigenvalue weighted by atomic mass is 9.88. The van der Waals surface area contributed by atoms with Crippen LogP contribution in [0.1, 0.15) is 55.6 Å². The number of para-hydroxylation sites is 1. The number of carbonyl (C=O) groups excluding carboxylic acids is 1. The molecule has 164 valence electrons. The normalized spacial score (nSPS) is 23.7. The molecule has 0 spiro atoms. The predicted molar refractivity (Wildman–Crippen MR) is 127 cm³/mol. The molecule has 5 rings (SSSR count). The largest absolute Gasteiger partial charge is 0.343 e. The highest BCUT2D eigenvalue weighted by Crippen LogP contribution is 2.48. The summed E-state index contributed by atoms with van der Waals surface area (Å²) in [6.07, 6.45) is 6.53. The van der Waals surface area contributed by atoms with Gasteiger partial charge in [0.05, 0.1) is 0 Å². The zero-order chi connectivity index (χ0) is 21.2. The molecule has 2 aromatic carbocycles. The van der Waals surface area contributed by atoms with Gasteiger partial charge in [-0.25, -0.2) is 0 Å². The first kappa shape index (κ1) is 20.6. The highest BCUT2D eigenvalue weighted by molar-refractivity contribution is 5.76. The summed E-state index contributed by atoms with van der Waals surface area (Å²) in [5.41, 5.74) is 5.60. The van der Waals surface area contributed by atoms with E-state index < -0.39 is 0 Å². The standard InChI is InChI=1S/C27H35N3O/c1-21-12-13-25-23(19-21)24-20-28(15-7-8-17-29-16-6-5-11-27(29)31)18-14-26(24)30(25)22-9-3-2-4-10-22/h2-4,9-10,12-13,19,24,26H,5-8,11,14-18,20H2,1H3/t24-,26+/m0/s1. The number of nitrogens with zero attached hydrogens (tertiary/aromatic N) is 3. The first-order chi connectivity index (χ1) is 15.2. The molecule has 0 unspecified atom stereocenters. The van der Waals surface area contributed by atoms with Gasteiger partial charge in [0.2, 0.25) is 5.91 Å². The summed E-state index contributed by atoms with van der Waals surface area (Å²) in [5, 5.41) is 0. The molecule has 2 aromatic rings. The van der Waals surface area contributed by atoms with E-state index in [4.69, 9.17) is 0 Å². The van der Waals surface area contributed by atoms with Gasteiger partial charge in [-0.15, -0.1) is 0 Å². The van der Waals surface area contributed by atoms with Gasteiger partial charge in [-0.2, -0.15) is 0 Å². The summed E-state index contributed by atoms with van der Waals surface area (Å²) in [7, 11) is 0. The second-order valence-electron chi connectivity index (χ2n) is 9.58. The fraction of sp³-hybridized carbons (Fsp3) is 0.519. The number of benzene rings is 2. The van der Waals surface area contributed by atoms with E-state index in [0.717, 1.165) is 45.4 Å². The number of rotatable bonds is 6. The number of likely N-dealkylation sites (tertiary alicyclic amines) is 2. The SMILES string of the molecule is Cc1ccc2c(c1)[C@@H]1CN(CCCCN3CCCCC3=O)CC[C@H]1N2c1ccccc1. The van der Waals surface area contributed by atoms with Crippen molar-refractivity contribution in [3.05, 3.63) is 59.7 Å². The van der Waals surface area contributed by atoms with E-state index in [1.54, 1.807) is 0 Å². The average molecular weight is 418 g/mol. The molecule has 3 aliphatic rings. The highest BCUT2D eigenvalue weighted by atomic mass is 16.2. The number of piperidine rings is 2. The lowest BCUT2D eigenvalue weighted by Gasteiger charge is -2.39. The van der Waals surface area contributed by atoms with Gasteiger partial charge in [0.15, 0.2) is 0 Å². The van der Waals surface area contributed by atoms with E-state index >= 15 is 0 Å². The minimum absolute atomic E-state index is 0.367. The van der Waals surface area contributed by atoms with E-state index in [2.05, 4.69) is 70.2 Å². The zero-order valence-electron chi connectivity index (χ0n) is 18.8. The van der Waals surface area contributed by atoms with Crippen LogP contribution < -0.4 is 4.90 Å². The number of hydrogen-bond donors (Lipinski definition) is 0. The van der Waals surface area contributed by atoms with E-state index in [-0.39, 0.29) is 0 Å². The minimum atomic E-state index is 0.367. The van der Waals surface area contributed by atoms with Gasteiger partial charge >= 0.3 is 0 Å². The smallest absolute Gasteiger partial charge is 0.222 e. The van der Waals surface area contributed by atoms with Crippen LogP contribution in [0, 0.1) is 6.92 Å². The number of hydrogen-bond acceptors (Lipinski definition) is 3. The number of fused-ring (bicyclic) bond motifs is 3. The molecule has 1 amide bonds. The fourth-order valence-corrected chi connectivity index (χ4v) is 5.85. The molecule has 0 aliphatic carbocycles. The van der Waals surface area contributed by atoms with Crippen LogP contribution >= 0.6 is 0 Å². The average Bonchev–Trinajstić information content (AvgIpc) is 3.11. The number of aryl methyl sites for hydroxylation is 1. The first-order valence-electron chi connectivity index (χ1n) is 12.2. The maximum Gasteiger partial charge on any atom is 0.222 e. The van der Waals surface area contributed by atoms with Gasteiger partial charge in [0, 0.05) is 55.9 Å². The van der Waals surface area contributed by atoms with Crippen molar-refractivity contribution in [1.29, 1.82) is 0 Å². The van der Waals surface area contributed by atoms with E-state index in [0.29, 0.717) is 17.9 Å². The summed E-state index contributed by atoms with van der Waals surface area (Å²) in [5.74, 6) is 0.943. The highest BCUT2D eigenvalue weighted by Gasteiger charge is 2.42. The van der Waals surface area contributed by atoms with Crippen LogP contribution in [0.3, 0.4) is 0 Å². The number of anilines is 2. The molecule has 0 bridgehead atoms. The molecule has 4 nitrogen and oxygen atoms in total. The third-order valence-corrected chi connectivity index (χ3v) is 7.44. The molecule has 2 atom stereocenters. The summed E-state index contributed by atoms with van der Waals surface area (Å²) >= 11 is 0. The van der Waals surface area contributed by atoms with Gasteiger partial charge < -0.3 is 14.7 Å². The van der Waals surface area contributed by atoms with Gasteiger partial charge in [-0.3, -0.25) is 4.79 Å². The van der Waals surface area contributed by atoms with Crippen LogP contribution in [0.2, 0.25) is 0 Å². The molecular formula is C27H35N3O. The van der Waals surface area contributed by atoms with Crippen LogP contribution in [-0.4, -0.2) is 54.5 Å². The molecule has 31 heavy (non-hydrogen) atoms. The maximum absolute atomic E-state index is 12.0. The molecule has 0 N–H and O–H groups in total. The minimum Gasteiger partial charge on any atom is -0.343 e. The van der Waals surface area contributed by atoms with Crippen LogP contribution in [-0.2, 0) is 4.79 Å². The number of carbonyl (C=O) groups is 1. The molecule has 0 radical (unpaired) electrons. The van der Waals surface area contributed by atoms with Gasteiger partial charge in [0.1, 0.15) is 0 Å². The monoisotopic (exact) mass is 417 g/mol. The molecule has 4 heteroatoms. The topological polar surface area (TPSA) is 26.8 Å². The molecule has 2 saturated heterocycles. The van der Waals surface area contributed by atoms with Gasteiger partial charge in [0.25, 0.3) is 0 Å². The van der Waals surface area contributed by atoms with Crippen molar-refractivity contribution in [3.63, 3.8) is 0 Å². The molecule has 3 heterocycles. The van der Waals surface area contributed by atoms with Crippen molar-refractivity contribution in [2.75, 3.05) is 37.6 Å². The van der Waals surface area contributed by atoms with Crippen molar-refractivity contribution >= 4 is 17.3 Å². The Balaban J connectivity index is 1.23. The second-order valence-corrected chi connectivity index (χ2v) is 9.58. The summed E-state index contributed by atoms with van der Waals surface area (Å²) in [4.78, 5) is 19.4. The summed E-state index contributed by atoms with van der Waals surface area (Å²) in [6.45, 7) is 7.59. The second kappa shape index (κ2) is 9.04. The summed E-state index contributed by atoms with van der Waals surface area (Å²) in [6, 6.07) is 18.5. The number of unbranched alkanes of at least 4 members (excludes halogenated alkanes) is 1. The van der Waals surface area contributed by atoms with Crippen molar-refractivity contribution < 1.29 is 4.79 Å². The third-order valence-electron chi connectivity index (χ3n) is 7.44. The van der Waals surface area contributed by atoms with E-state index in [9.17, 15) is 4.79 Å². The fourth-order valence-electron chi connectivity index (χ4n) is 5.85. The Hall–Kier alpha value is -2.33. The quantitative estimate of drug-likeness (QED) is 0.612.